The van der Waals surface area contributed by atoms with E-state index in [1.165, 1.54) is 36.2 Å². The van der Waals surface area contributed by atoms with Gasteiger partial charge in [0, 0.05) is 17.3 Å². The van der Waals surface area contributed by atoms with Gasteiger partial charge in [-0.15, -0.1) is 11.8 Å². The van der Waals surface area contributed by atoms with Crippen molar-refractivity contribution < 1.29 is 23.5 Å². The first-order chi connectivity index (χ1) is 14.8. The van der Waals surface area contributed by atoms with E-state index in [9.17, 15) is 23.5 Å². The largest absolute Gasteiger partial charge is 0.478 e. The van der Waals surface area contributed by atoms with Crippen LogP contribution in [0, 0.1) is 18.6 Å². The summed E-state index contributed by atoms with van der Waals surface area (Å²) in [4.78, 5) is 32.5. The lowest BCUT2D eigenvalue weighted by Crippen LogP contribution is -2.23. The molecule has 0 radical (unpaired) electrons. The third-order valence-electron chi connectivity index (χ3n) is 5.18. The van der Waals surface area contributed by atoms with E-state index >= 15 is 0 Å². The highest BCUT2D eigenvalue weighted by atomic mass is 32.2. The number of rotatable bonds is 4. The molecule has 156 valence electrons. The summed E-state index contributed by atoms with van der Waals surface area (Å²) in [7, 11) is 0. The number of amides is 1. The van der Waals surface area contributed by atoms with Crippen LogP contribution in [0.3, 0.4) is 0 Å². The summed E-state index contributed by atoms with van der Waals surface area (Å²) in [6.45, 7) is 1.83. The number of aromatic nitrogens is 1. The third kappa shape index (κ3) is 3.63. The molecule has 1 N–H and O–H groups in total. The lowest BCUT2D eigenvalue weighted by Gasteiger charge is -2.23. The van der Waals surface area contributed by atoms with Gasteiger partial charge in [-0.2, -0.15) is 0 Å². The highest BCUT2D eigenvalue weighted by Gasteiger charge is 2.35. The van der Waals surface area contributed by atoms with Gasteiger partial charge in [0.25, 0.3) is 5.91 Å². The fourth-order valence-electron chi connectivity index (χ4n) is 3.65. The fraction of sp³-hybridized carbons (Fsp3) is 0.130. The predicted molar refractivity (Wildman–Crippen MR) is 114 cm³/mol. The predicted octanol–water partition coefficient (Wildman–Crippen LogP) is 4.85. The summed E-state index contributed by atoms with van der Waals surface area (Å²) >= 11 is 1.30. The lowest BCUT2D eigenvalue weighted by molar-refractivity contribution is -0.118. The third-order valence-corrected chi connectivity index (χ3v) is 5.81. The van der Waals surface area contributed by atoms with Crippen molar-refractivity contribution in [3.05, 3.63) is 82.0 Å². The number of aromatic carboxylic acids is 1. The molecule has 31 heavy (non-hydrogen) atoms. The number of carboxylic acid groups (broad SMARTS) is 1. The molecule has 5 nitrogen and oxygen atoms in total. The Labute approximate surface area is 180 Å². The minimum absolute atomic E-state index is 0.0948. The molecule has 1 atom stereocenters. The van der Waals surface area contributed by atoms with Crippen LogP contribution in [0.4, 0.5) is 8.78 Å². The van der Waals surface area contributed by atoms with Crippen LogP contribution in [-0.4, -0.2) is 34.4 Å². The van der Waals surface area contributed by atoms with Crippen LogP contribution in [0.2, 0.25) is 0 Å². The Balaban J connectivity index is 2.03. The molecule has 2 heterocycles. The molecule has 1 aliphatic rings. The van der Waals surface area contributed by atoms with E-state index in [0.29, 0.717) is 21.7 Å². The van der Waals surface area contributed by atoms with Crippen molar-refractivity contribution in [2.24, 2.45) is 4.99 Å². The van der Waals surface area contributed by atoms with Gasteiger partial charge in [-0.3, -0.25) is 4.79 Å². The van der Waals surface area contributed by atoms with Gasteiger partial charge in [-0.05, 0) is 60.2 Å². The normalized spacial score (nSPS) is 15.1. The summed E-state index contributed by atoms with van der Waals surface area (Å²) in [5.74, 6) is -4.85. The second-order valence-corrected chi connectivity index (χ2v) is 7.84. The molecular weight excluding hydrogens is 422 g/mol. The molecule has 0 spiro atoms. The zero-order chi connectivity index (χ0) is 22.3. The summed E-state index contributed by atoms with van der Waals surface area (Å²) < 4.78 is 29.1. The van der Waals surface area contributed by atoms with Crippen molar-refractivity contribution in [1.82, 2.24) is 4.98 Å². The molecule has 0 saturated heterocycles. The second-order valence-electron chi connectivity index (χ2n) is 7.01. The van der Waals surface area contributed by atoms with Gasteiger partial charge in [-0.25, -0.2) is 23.6 Å². The number of carbonyl (C=O) groups excluding carboxylic acids is 1. The van der Waals surface area contributed by atoms with Crippen molar-refractivity contribution in [1.29, 1.82) is 0 Å². The number of hydrogen-bond donors (Lipinski definition) is 1. The molecule has 1 unspecified atom stereocenters. The minimum Gasteiger partial charge on any atom is -0.478 e. The Hall–Kier alpha value is -3.39. The molecule has 0 fully saturated rings. The monoisotopic (exact) mass is 438 g/mol. The van der Waals surface area contributed by atoms with Crippen molar-refractivity contribution >= 4 is 29.9 Å². The van der Waals surface area contributed by atoms with Crippen molar-refractivity contribution in [3.63, 3.8) is 0 Å². The van der Waals surface area contributed by atoms with E-state index in [2.05, 4.69) is 9.98 Å². The lowest BCUT2D eigenvalue weighted by atomic mass is 9.85. The number of carbonyl (C=O) groups is 2. The SMILES string of the molecule is CSc1cc(-c2cc(C(=O)O)ccc2C)c2c(n1)C(c1c(F)cccc1F)C(=O)N=C2. The quantitative estimate of drug-likeness (QED) is 0.590. The molecule has 1 amide bonds. The highest BCUT2D eigenvalue weighted by Crippen LogP contribution is 2.39. The topological polar surface area (TPSA) is 79.6 Å². The van der Waals surface area contributed by atoms with Crippen molar-refractivity contribution in [2.45, 2.75) is 17.9 Å². The number of halogens is 2. The van der Waals surface area contributed by atoms with Crippen LogP contribution >= 0.6 is 11.8 Å². The minimum atomic E-state index is -1.34. The molecule has 3 aromatic rings. The molecule has 0 saturated carbocycles. The van der Waals surface area contributed by atoms with Gasteiger partial charge >= 0.3 is 5.97 Å². The number of carboxylic acids is 1. The maximum absolute atomic E-state index is 14.6. The summed E-state index contributed by atoms with van der Waals surface area (Å²) in [5.41, 5.74) is 2.30. The van der Waals surface area contributed by atoms with Crippen LogP contribution in [0.1, 0.15) is 38.7 Å². The first-order valence-corrected chi connectivity index (χ1v) is 10.5. The van der Waals surface area contributed by atoms with E-state index in [1.807, 2.05) is 6.92 Å². The summed E-state index contributed by atoms with van der Waals surface area (Å²) in [6, 6.07) is 9.87. The van der Waals surface area contributed by atoms with Crippen LogP contribution < -0.4 is 0 Å². The number of fused-ring (bicyclic) bond motifs is 1. The zero-order valence-corrected chi connectivity index (χ0v) is 17.3. The van der Waals surface area contributed by atoms with Crippen molar-refractivity contribution in [2.75, 3.05) is 6.26 Å². The van der Waals surface area contributed by atoms with Crippen LogP contribution in [0.5, 0.6) is 0 Å². The van der Waals surface area contributed by atoms with E-state index in [-0.39, 0.29) is 11.3 Å². The van der Waals surface area contributed by atoms with E-state index < -0.39 is 35.0 Å². The first kappa shape index (κ1) is 20.9. The number of pyridine rings is 1. The fourth-order valence-corrected chi connectivity index (χ4v) is 4.07. The van der Waals surface area contributed by atoms with Gasteiger partial charge in [0.05, 0.1) is 16.3 Å². The smallest absolute Gasteiger partial charge is 0.335 e. The molecule has 1 aliphatic heterocycles. The van der Waals surface area contributed by atoms with Gasteiger partial charge in [0.1, 0.15) is 17.6 Å². The maximum atomic E-state index is 14.6. The number of thioether (sulfide) groups is 1. The summed E-state index contributed by atoms with van der Waals surface area (Å²) in [6.07, 6.45) is 3.11. The molecule has 8 heteroatoms. The average Bonchev–Trinajstić information content (AvgIpc) is 2.74. The van der Waals surface area contributed by atoms with Gasteiger partial charge < -0.3 is 5.11 Å². The second kappa shape index (κ2) is 8.03. The van der Waals surface area contributed by atoms with Gasteiger partial charge in [-0.1, -0.05) is 12.1 Å². The number of aliphatic imine (C=N–C) groups is 1. The zero-order valence-electron chi connectivity index (χ0n) is 16.5. The maximum Gasteiger partial charge on any atom is 0.335 e. The Morgan fingerprint density at radius 2 is 1.81 bits per heavy atom. The molecule has 4 rings (SSSR count). The highest BCUT2D eigenvalue weighted by molar-refractivity contribution is 7.98. The van der Waals surface area contributed by atoms with Crippen LogP contribution in [0.25, 0.3) is 11.1 Å². The van der Waals surface area contributed by atoms with Gasteiger partial charge in [0.15, 0.2) is 0 Å². The van der Waals surface area contributed by atoms with Crippen LogP contribution in [0.15, 0.2) is 52.5 Å². The van der Waals surface area contributed by atoms with Gasteiger partial charge in [0.2, 0.25) is 0 Å². The van der Waals surface area contributed by atoms with Crippen LogP contribution in [-0.2, 0) is 4.79 Å². The number of hydrogen-bond acceptors (Lipinski definition) is 4. The van der Waals surface area contributed by atoms with E-state index in [0.717, 1.165) is 17.7 Å². The Morgan fingerprint density at radius 1 is 1.10 bits per heavy atom. The van der Waals surface area contributed by atoms with Crippen molar-refractivity contribution in [3.8, 4) is 11.1 Å². The number of aryl methyl sites for hydroxylation is 1. The Bertz CT molecular complexity index is 1250. The standard InChI is InChI=1S/C23H16F2N2O3S/c1-11-6-7-12(23(29)30)8-13(11)14-9-18(31-2)27-21-15(14)10-26-22(28)20(21)19-16(24)4-3-5-17(19)25/h3-10,20H,1-2H3,(H,29,30). The molecular formula is C23H16F2N2O3S. The molecule has 1 aromatic heterocycles. The Morgan fingerprint density at radius 3 is 2.45 bits per heavy atom. The molecule has 0 aliphatic carbocycles. The Kier molecular flexibility index (Phi) is 5.41. The average molecular weight is 438 g/mol. The number of benzene rings is 2. The molecule has 0 bridgehead atoms. The van der Waals surface area contributed by atoms with E-state index in [4.69, 9.17) is 0 Å². The first-order valence-electron chi connectivity index (χ1n) is 9.27. The molecule has 2 aromatic carbocycles. The van der Waals surface area contributed by atoms with E-state index in [1.54, 1.807) is 18.4 Å². The number of nitrogens with zero attached hydrogens (tertiary/aromatic N) is 2. The summed E-state index contributed by atoms with van der Waals surface area (Å²) in [5, 5.41) is 9.93.